The number of unbranched alkanes of at least 4 members (excludes halogenated alkanes) is 3. The topological polar surface area (TPSA) is 37.3 Å². The van der Waals surface area contributed by atoms with Crippen molar-refractivity contribution >= 4 is 5.97 Å². The predicted octanol–water partition coefficient (Wildman–Crippen LogP) is 6.22. The van der Waals surface area contributed by atoms with Crippen LogP contribution in [0.5, 0.6) is 0 Å². The van der Waals surface area contributed by atoms with E-state index in [-0.39, 0.29) is 0 Å². The molecule has 0 rings (SSSR count). The summed E-state index contributed by atoms with van der Waals surface area (Å²) in [7, 11) is 0. The summed E-state index contributed by atoms with van der Waals surface area (Å²) in [6, 6.07) is 0. The number of hydrogen-bond donors (Lipinski definition) is 1. The van der Waals surface area contributed by atoms with E-state index < -0.39 is 12.4 Å². The maximum absolute atomic E-state index is 10.5. The fourth-order valence-electron chi connectivity index (χ4n) is 1.86. The van der Waals surface area contributed by atoms with E-state index in [4.69, 9.17) is 6.48 Å². The lowest BCUT2D eigenvalue weighted by Gasteiger charge is -1.90. The van der Waals surface area contributed by atoms with Crippen molar-refractivity contribution in [2.45, 2.75) is 71.1 Å². The van der Waals surface area contributed by atoms with Crippen LogP contribution < -0.4 is 0 Å². The minimum Gasteiger partial charge on any atom is -0.481 e. The molecule has 0 radical (unpaired) electrons. The molecule has 0 aromatic rings. The monoisotopic (exact) mass is 305 g/mol. The molecule has 1 N–H and O–H groups in total. The third kappa shape index (κ3) is 18.4. The molecule has 0 heterocycles. The van der Waals surface area contributed by atoms with E-state index in [2.05, 4.69) is 43.4 Å². The van der Waals surface area contributed by atoms with E-state index in [9.17, 15) is 4.79 Å². The van der Waals surface area contributed by atoms with Crippen LogP contribution in [0.2, 0.25) is 0 Å². The highest BCUT2D eigenvalue weighted by Crippen LogP contribution is 2.01. The van der Waals surface area contributed by atoms with Gasteiger partial charge < -0.3 is 5.11 Å². The molecule has 0 saturated heterocycles. The van der Waals surface area contributed by atoms with E-state index in [1.54, 1.807) is 0 Å². The molecule has 1 atom stereocenters. The molecule has 0 fully saturated rings. The standard InChI is InChI=1S/C20H32O2/c1-2-3-4-5-6-7-8-9-10-11-12-13-14-15-16-17-18-19-20(21)22/h6-7,9-10,12-13,15-16H,2-5,8,11,14,17-19H2,1H3,(H,21,22)/b7-6-,10-9-,13-12-,16-15-/i19D. The number of hydrogen-bond acceptors (Lipinski definition) is 1. The van der Waals surface area contributed by atoms with E-state index in [0.29, 0.717) is 12.8 Å². The van der Waals surface area contributed by atoms with Crippen molar-refractivity contribution in [2.24, 2.45) is 0 Å². The SMILES string of the molecule is [2H]C(CC/C=C\C/C=C\C/C=C\C/C=C\CCCCC)C(=O)O. The van der Waals surface area contributed by atoms with Crippen LogP contribution in [0.4, 0.5) is 0 Å². The molecular weight excluding hydrogens is 272 g/mol. The summed E-state index contributed by atoms with van der Waals surface area (Å²) in [6.07, 6.45) is 25.0. The summed E-state index contributed by atoms with van der Waals surface area (Å²) in [6.45, 7) is 2.22. The predicted molar refractivity (Wildman–Crippen MR) is 96.0 cm³/mol. The van der Waals surface area contributed by atoms with Gasteiger partial charge in [-0.25, -0.2) is 0 Å². The summed E-state index contributed by atoms with van der Waals surface area (Å²) in [5.41, 5.74) is 0. The fraction of sp³-hybridized carbons (Fsp3) is 0.550. The van der Waals surface area contributed by atoms with Gasteiger partial charge in [0.15, 0.2) is 0 Å². The Kier molecular flexibility index (Phi) is 14.7. The molecule has 0 aliphatic rings. The van der Waals surface area contributed by atoms with E-state index in [1.807, 2.05) is 12.2 Å². The molecule has 0 aliphatic heterocycles. The van der Waals surface area contributed by atoms with Crippen LogP contribution >= 0.6 is 0 Å². The Bertz CT molecular complexity index is 394. The van der Waals surface area contributed by atoms with E-state index >= 15 is 0 Å². The zero-order valence-corrected chi connectivity index (χ0v) is 13.9. The molecule has 0 aromatic heterocycles. The van der Waals surface area contributed by atoms with Gasteiger partial charge in [0.1, 0.15) is 0 Å². The fourth-order valence-corrected chi connectivity index (χ4v) is 1.86. The van der Waals surface area contributed by atoms with E-state index in [0.717, 1.165) is 19.3 Å². The van der Waals surface area contributed by atoms with Gasteiger partial charge in [0.25, 0.3) is 0 Å². The van der Waals surface area contributed by atoms with Gasteiger partial charge in [-0.3, -0.25) is 4.79 Å². The average Bonchev–Trinajstić information content (AvgIpc) is 2.54. The van der Waals surface area contributed by atoms with Crippen molar-refractivity contribution in [3.63, 3.8) is 0 Å². The highest BCUT2D eigenvalue weighted by atomic mass is 16.4. The molecule has 0 aromatic carbocycles. The Labute approximate surface area is 137 Å². The van der Waals surface area contributed by atoms with Gasteiger partial charge in [0.2, 0.25) is 0 Å². The smallest absolute Gasteiger partial charge is 0.303 e. The van der Waals surface area contributed by atoms with Gasteiger partial charge in [0.05, 0.1) is 0 Å². The first-order chi connectivity index (χ1) is 11.2. The Balaban J connectivity index is 3.49. The summed E-state index contributed by atoms with van der Waals surface area (Å²) in [5, 5.41) is 8.57. The molecule has 0 amide bonds. The summed E-state index contributed by atoms with van der Waals surface area (Å²) < 4.78 is 7.25. The second kappa shape index (κ2) is 17.5. The molecule has 0 spiro atoms. The van der Waals surface area contributed by atoms with Crippen LogP contribution in [0.1, 0.15) is 72.5 Å². The molecule has 124 valence electrons. The van der Waals surface area contributed by atoms with Crippen molar-refractivity contribution in [1.29, 1.82) is 0 Å². The maximum atomic E-state index is 10.5. The number of carbonyl (C=O) groups is 1. The maximum Gasteiger partial charge on any atom is 0.303 e. The number of aliphatic carboxylic acids is 1. The number of carboxylic acid groups (broad SMARTS) is 1. The normalized spacial score (nSPS) is 14.5. The van der Waals surface area contributed by atoms with Gasteiger partial charge in [-0.05, 0) is 44.9 Å². The first-order valence-electron chi connectivity index (χ1n) is 9.01. The number of rotatable bonds is 14. The molecule has 1 unspecified atom stereocenters. The summed E-state index contributed by atoms with van der Waals surface area (Å²) >= 11 is 0. The second-order valence-electron chi connectivity index (χ2n) is 5.21. The molecule has 0 aliphatic carbocycles. The van der Waals surface area contributed by atoms with Crippen LogP contribution in [0.25, 0.3) is 0 Å². The Morgan fingerprint density at radius 2 is 1.27 bits per heavy atom. The third-order valence-corrected chi connectivity index (χ3v) is 3.11. The Hall–Kier alpha value is -1.57. The lowest BCUT2D eigenvalue weighted by Crippen LogP contribution is -1.92. The van der Waals surface area contributed by atoms with Crippen LogP contribution in [0.3, 0.4) is 0 Å². The minimum atomic E-state index is -1.04. The van der Waals surface area contributed by atoms with Crippen LogP contribution in [0.15, 0.2) is 48.6 Å². The van der Waals surface area contributed by atoms with Crippen molar-refractivity contribution in [2.75, 3.05) is 0 Å². The van der Waals surface area contributed by atoms with E-state index in [1.165, 1.54) is 25.7 Å². The quantitative estimate of drug-likeness (QED) is 0.306. The largest absolute Gasteiger partial charge is 0.481 e. The zero-order valence-electron chi connectivity index (χ0n) is 14.9. The van der Waals surface area contributed by atoms with Gasteiger partial charge in [-0.15, -0.1) is 0 Å². The van der Waals surface area contributed by atoms with Crippen molar-refractivity contribution in [3.05, 3.63) is 48.6 Å². The molecule has 0 bridgehead atoms. The van der Waals surface area contributed by atoms with Crippen molar-refractivity contribution < 1.29 is 11.3 Å². The van der Waals surface area contributed by atoms with Gasteiger partial charge in [-0.1, -0.05) is 68.4 Å². The minimum absolute atomic E-state index is 0.379. The first kappa shape index (κ1) is 18.5. The van der Waals surface area contributed by atoms with Gasteiger partial charge >= 0.3 is 5.97 Å². The van der Waals surface area contributed by atoms with Crippen LogP contribution in [-0.4, -0.2) is 11.1 Å². The number of carboxylic acids is 1. The van der Waals surface area contributed by atoms with Gasteiger partial charge in [-0.2, -0.15) is 0 Å². The first-order valence-corrected chi connectivity index (χ1v) is 8.43. The second-order valence-corrected chi connectivity index (χ2v) is 5.21. The third-order valence-electron chi connectivity index (χ3n) is 3.11. The lowest BCUT2D eigenvalue weighted by atomic mass is 10.2. The van der Waals surface area contributed by atoms with Crippen molar-refractivity contribution in [1.82, 2.24) is 0 Å². The lowest BCUT2D eigenvalue weighted by molar-refractivity contribution is -0.137. The molecule has 2 nitrogen and oxygen atoms in total. The van der Waals surface area contributed by atoms with Crippen LogP contribution in [-0.2, 0) is 4.79 Å². The average molecular weight is 305 g/mol. The molecular formula is C20H32O2. The van der Waals surface area contributed by atoms with Crippen molar-refractivity contribution in [3.8, 4) is 0 Å². The summed E-state index contributed by atoms with van der Waals surface area (Å²) in [5.74, 6) is -1.04. The Morgan fingerprint density at radius 3 is 1.73 bits per heavy atom. The van der Waals surface area contributed by atoms with Crippen LogP contribution in [0, 0.1) is 0 Å². The Morgan fingerprint density at radius 1 is 0.818 bits per heavy atom. The molecule has 2 heteroatoms. The molecule has 22 heavy (non-hydrogen) atoms. The highest BCUT2D eigenvalue weighted by Gasteiger charge is 1.92. The highest BCUT2D eigenvalue weighted by molar-refractivity contribution is 5.66. The zero-order chi connectivity index (χ0) is 17.2. The van der Waals surface area contributed by atoms with Gasteiger partial charge in [0, 0.05) is 7.77 Å². The number of allylic oxidation sites excluding steroid dienone is 8. The molecule has 0 saturated carbocycles. The summed E-state index contributed by atoms with van der Waals surface area (Å²) in [4.78, 5) is 10.5.